The highest BCUT2D eigenvalue weighted by Gasteiger charge is 2.26. The zero-order chi connectivity index (χ0) is 20.2. The van der Waals surface area contributed by atoms with E-state index in [1.165, 1.54) is 0 Å². The molecule has 0 aliphatic carbocycles. The number of hydrogen-bond donors (Lipinski definition) is 2. The van der Waals surface area contributed by atoms with Crippen LogP contribution in [0.2, 0.25) is 0 Å². The Morgan fingerprint density at radius 1 is 0.750 bits per heavy atom. The largest absolute Gasteiger partial charge is 0.325 e. The molecule has 0 bridgehead atoms. The molecule has 0 heterocycles. The van der Waals surface area contributed by atoms with E-state index in [4.69, 9.17) is 0 Å². The Kier molecular flexibility index (Phi) is 8.85. The summed E-state index contributed by atoms with van der Waals surface area (Å²) in [4.78, 5) is 36.4. The SMILES string of the molecule is O=C(CF)CCCCCC(C(=O)Nc1ccccc1)C(=O)Nc1ccccc1. The molecule has 0 saturated carbocycles. The van der Waals surface area contributed by atoms with Gasteiger partial charge in [-0.1, -0.05) is 49.2 Å². The Morgan fingerprint density at radius 3 is 1.71 bits per heavy atom. The number of carbonyl (C=O) groups excluding carboxylic acids is 3. The first-order chi connectivity index (χ1) is 13.6. The number of benzene rings is 2. The van der Waals surface area contributed by atoms with Gasteiger partial charge in [0.05, 0.1) is 0 Å². The summed E-state index contributed by atoms with van der Waals surface area (Å²) in [5, 5.41) is 5.55. The lowest BCUT2D eigenvalue weighted by atomic mass is 9.98. The molecule has 28 heavy (non-hydrogen) atoms. The molecular formula is C22H25FN2O3. The molecule has 2 rings (SSSR count). The van der Waals surface area contributed by atoms with E-state index in [1.54, 1.807) is 48.5 Å². The van der Waals surface area contributed by atoms with E-state index in [0.29, 0.717) is 37.1 Å². The van der Waals surface area contributed by atoms with Crippen LogP contribution in [-0.2, 0) is 14.4 Å². The van der Waals surface area contributed by atoms with Gasteiger partial charge in [-0.25, -0.2) is 4.39 Å². The van der Waals surface area contributed by atoms with Gasteiger partial charge in [0.15, 0.2) is 5.78 Å². The summed E-state index contributed by atoms with van der Waals surface area (Å²) in [5.74, 6) is -2.03. The molecular weight excluding hydrogens is 359 g/mol. The summed E-state index contributed by atoms with van der Waals surface area (Å²) >= 11 is 0. The quantitative estimate of drug-likeness (QED) is 0.446. The number of alkyl halides is 1. The van der Waals surface area contributed by atoms with Crippen molar-refractivity contribution < 1.29 is 18.8 Å². The van der Waals surface area contributed by atoms with Crippen molar-refractivity contribution in [2.45, 2.75) is 32.1 Å². The number of hydrogen-bond acceptors (Lipinski definition) is 3. The minimum Gasteiger partial charge on any atom is -0.325 e. The van der Waals surface area contributed by atoms with E-state index < -0.39 is 18.4 Å². The third-order valence-corrected chi connectivity index (χ3v) is 4.31. The number of amides is 2. The topological polar surface area (TPSA) is 75.3 Å². The first kappa shape index (κ1) is 21.3. The second kappa shape index (κ2) is 11.6. The van der Waals surface area contributed by atoms with Crippen LogP contribution in [0.4, 0.5) is 15.8 Å². The normalized spacial score (nSPS) is 10.5. The van der Waals surface area contributed by atoms with E-state index in [-0.39, 0.29) is 18.2 Å². The molecule has 2 amide bonds. The van der Waals surface area contributed by atoms with E-state index in [1.807, 2.05) is 12.1 Å². The number of rotatable bonds is 11. The first-order valence-corrected chi connectivity index (χ1v) is 9.39. The second-order valence-electron chi connectivity index (χ2n) is 6.53. The molecule has 2 aromatic carbocycles. The molecule has 0 aliphatic rings. The average Bonchev–Trinajstić information content (AvgIpc) is 2.71. The zero-order valence-electron chi connectivity index (χ0n) is 15.7. The lowest BCUT2D eigenvalue weighted by Gasteiger charge is -2.17. The van der Waals surface area contributed by atoms with Crippen molar-refractivity contribution in [2.24, 2.45) is 5.92 Å². The van der Waals surface area contributed by atoms with Gasteiger partial charge in [0.25, 0.3) is 0 Å². The summed E-state index contributed by atoms with van der Waals surface area (Å²) in [6, 6.07) is 17.9. The van der Waals surface area contributed by atoms with Crippen LogP contribution in [-0.4, -0.2) is 24.3 Å². The van der Waals surface area contributed by atoms with Crippen molar-refractivity contribution in [1.29, 1.82) is 0 Å². The Balaban J connectivity index is 1.96. The van der Waals surface area contributed by atoms with Crippen molar-refractivity contribution in [3.8, 4) is 0 Å². The molecule has 148 valence electrons. The smallest absolute Gasteiger partial charge is 0.236 e. The molecule has 0 fully saturated rings. The second-order valence-corrected chi connectivity index (χ2v) is 6.53. The average molecular weight is 384 g/mol. The van der Waals surface area contributed by atoms with E-state index >= 15 is 0 Å². The van der Waals surface area contributed by atoms with Crippen LogP contribution in [0.5, 0.6) is 0 Å². The molecule has 0 spiro atoms. The zero-order valence-corrected chi connectivity index (χ0v) is 15.7. The van der Waals surface area contributed by atoms with Gasteiger partial charge in [0.2, 0.25) is 11.8 Å². The lowest BCUT2D eigenvalue weighted by Crippen LogP contribution is -2.34. The number of halogens is 1. The van der Waals surface area contributed by atoms with Crippen molar-refractivity contribution >= 4 is 29.0 Å². The van der Waals surface area contributed by atoms with Gasteiger partial charge < -0.3 is 10.6 Å². The molecule has 5 nitrogen and oxygen atoms in total. The van der Waals surface area contributed by atoms with Gasteiger partial charge in [-0.3, -0.25) is 14.4 Å². The maximum atomic E-state index is 12.7. The van der Waals surface area contributed by atoms with Crippen molar-refractivity contribution in [3.63, 3.8) is 0 Å². The van der Waals surface area contributed by atoms with E-state index in [0.717, 1.165) is 0 Å². The van der Waals surface area contributed by atoms with Gasteiger partial charge in [-0.05, 0) is 37.1 Å². The molecule has 0 atom stereocenters. The van der Waals surface area contributed by atoms with Gasteiger partial charge in [-0.15, -0.1) is 0 Å². The highest BCUT2D eigenvalue weighted by molar-refractivity contribution is 6.10. The number of anilines is 2. The van der Waals surface area contributed by atoms with Crippen LogP contribution in [0.15, 0.2) is 60.7 Å². The number of Topliss-reactive ketones (excluding diaryl/α,β-unsaturated/α-hetero) is 1. The third kappa shape index (κ3) is 7.31. The van der Waals surface area contributed by atoms with Crippen molar-refractivity contribution in [2.75, 3.05) is 17.3 Å². The summed E-state index contributed by atoms with van der Waals surface area (Å²) in [6.07, 6.45) is 2.33. The molecule has 0 saturated heterocycles. The predicted octanol–water partition coefficient (Wildman–Crippen LogP) is 4.37. The number of unbranched alkanes of at least 4 members (excludes halogenated alkanes) is 2. The van der Waals surface area contributed by atoms with Crippen molar-refractivity contribution in [3.05, 3.63) is 60.7 Å². The minimum absolute atomic E-state index is 0.188. The Hall–Kier alpha value is -3.02. The number of nitrogens with one attached hydrogen (secondary N) is 2. The third-order valence-electron chi connectivity index (χ3n) is 4.31. The fourth-order valence-corrected chi connectivity index (χ4v) is 2.80. The van der Waals surface area contributed by atoms with Crippen LogP contribution >= 0.6 is 0 Å². The molecule has 0 unspecified atom stereocenters. The van der Waals surface area contributed by atoms with Crippen LogP contribution in [0.3, 0.4) is 0 Å². The molecule has 0 radical (unpaired) electrons. The van der Waals surface area contributed by atoms with Crippen molar-refractivity contribution in [1.82, 2.24) is 0 Å². The maximum absolute atomic E-state index is 12.7. The van der Waals surface area contributed by atoms with Gasteiger partial charge in [0.1, 0.15) is 12.6 Å². The molecule has 2 N–H and O–H groups in total. The first-order valence-electron chi connectivity index (χ1n) is 9.39. The Bertz CT molecular complexity index is 712. The summed E-state index contributed by atoms with van der Waals surface area (Å²) in [5.41, 5.74) is 1.25. The highest BCUT2D eigenvalue weighted by atomic mass is 19.1. The Labute approximate surface area is 164 Å². The number of ketones is 1. The number of para-hydroxylation sites is 2. The fraction of sp³-hybridized carbons (Fsp3) is 0.318. The minimum atomic E-state index is -0.943. The van der Waals surface area contributed by atoms with Crippen LogP contribution in [0.1, 0.15) is 32.1 Å². The van der Waals surface area contributed by atoms with E-state index in [2.05, 4.69) is 10.6 Å². The summed E-state index contributed by atoms with van der Waals surface area (Å²) in [7, 11) is 0. The van der Waals surface area contributed by atoms with E-state index in [9.17, 15) is 18.8 Å². The Morgan fingerprint density at radius 2 is 1.25 bits per heavy atom. The summed E-state index contributed by atoms with van der Waals surface area (Å²) in [6.45, 7) is -0.943. The summed E-state index contributed by atoms with van der Waals surface area (Å²) < 4.78 is 12.2. The van der Waals surface area contributed by atoms with Gasteiger partial charge in [-0.2, -0.15) is 0 Å². The maximum Gasteiger partial charge on any atom is 0.236 e. The van der Waals surface area contributed by atoms with Crippen LogP contribution < -0.4 is 10.6 Å². The predicted molar refractivity (Wildman–Crippen MR) is 108 cm³/mol. The molecule has 0 aliphatic heterocycles. The molecule has 0 aromatic heterocycles. The standard InChI is InChI=1S/C22H25FN2O3/c23-16-19(26)14-8-3-9-15-20(21(27)24-17-10-4-1-5-11-17)22(28)25-18-12-6-2-7-13-18/h1-2,4-7,10-13,20H,3,8-9,14-16H2,(H,24,27)(H,25,28). The molecule has 2 aromatic rings. The van der Waals surface area contributed by atoms with Gasteiger partial charge >= 0.3 is 0 Å². The van der Waals surface area contributed by atoms with Gasteiger partial charge in [0, 0.05) is 17.8 Å². The molecule has 6 heteroatoms. The highest BCUT2D eigenvalue weighted by Crippen LogP contribution is 2.17. The monoisotopic (exact) mass is 384 g/mol. The number of carbonyl (C=O) groups is 3. The van der Waals surface area contributed by atoms with Crippen LogP contribution in [0.25, 0.3) is 0 Å². The van der Waals surface area contributed by atoms with Crippen LogP contribution in [0, 0.1) is 5.92 Å². The lowest BCUT2D eigenvalue weighted by molar-refractivity contribution is -0.129. The fourth-order valence-electron chi connectivity index (χ4n) is 2.80.